The van der Waals surface area contributed by atoms with Crippen molar-refractivity contribution < 1.29 is 5.11 Å². The lowest BCUT2D eigenvalue weighted by atomic mass is 9.68. The molecule has 1 aliphatic heterocycles. The normalized spacial score (nSPS) is 29.0. The van der Waals surface area contributed by atoms with Crippen LogP contribution in [0.5, 0.6) is 0 Å². The van der Waals surface area contributed by atoms with E-state index >= 15 is 0 Å². The molecule has 4 nitrogen and oxygen atoms in total. The molecule has 1 atom stereocenters. The van der Waals surface area contributed by atoms with Gasteiger partial charge >= 0.3 is 0 Å². The Morgan fingerprint density at radius 1 is 1.04 bits per heavy atom. The number of aliphatic hydroxyl groups excluding tert-OH is 1. The number of β-amino-alcohol motifs (C(OH)–C–C–N with tert-alkyl or cyclic N) is 1. The number of benzene rings is 2. The molecule has 0 bridgehead atoms. The second kappa shape index (κ2) is 8.42. The predicted octanol–water partition coefficient (Wildman–Crippen LogP) is 3.62. The van der Waals surface area contributed by atoms with Gasteiger partial charge in [-0.15, -0.1) is 0 Å². The van der Waals surface area contributed by atoms with Crippen LogP contribution in [0.4, 0.5) is 5.69 Å². The number of nitrogens with zero attached hydrogens (tertiary/aromatic N) is 2. The van der Waals surface area contributed by atoms with Crippen molar-refractivity contribution >= 4 is 17.3 Å². The van der Waals surface area contributed by atoms with E-state index in [4.69, 9.17) is 17.3 Å². The number of anilines is 1. The average molecular weight is 400 g/mol. The summed E-state index contributed by atoms with van der Waals surface area (Å²) in [6.07, 6.45) is 3.79. The van der Waals surface area contributed by atoms with Crippen LogP contribution in [-0.2, 0) is 5.41 Å². The maximum atomic E-state index is 10.8. The summed E-state index contributed by atoms with van der Waals surface area (Å²) in [6, 6.07) is 19.0. The van der Waals surface area contributed by atoms with Gasteiger partial charge in [0, 0.05) is 41.8 Å². The highest BCUT2D eigenvalue weighted by molar-refractivity contribution is 6.30. The fraction of sp³-hybridized carbons (Fsp3) is 0.478. The van der Waals surface area contributed by atoms with Gasteiger partial charge in [-0.3, -0.25) is 4.90 Å². The topological polar surface area (TPSA) is 52.7 Å². The Hall–Kier alpha value is -1.59. The zero-order valence-electron chi connectivity index (χ0n) is 16.3. The molecule has 0 radical (unpaired) electrons. The van der Waals surface area contributed by atoms with E-state index in [0.717, 1.165) is 43.8 Å². The molecule has 1 unspecified atom stereocenters. The Morgan fingerprint density at radius 3 is 2.43 bits per heavy atom. The van der Waals surface area contributed by atoms with Crippen molar-refractivity contribution in [2.75, 3.05) is 31.1 Å². The van der Waals surface area contributed by atoms with E-state index < -0.39 is 6.23 Å². The number of piperazine rings is 1. The SMILES string of the molecule is NCC1(c2cccc(Cl)c2)CCC(N2CCN(c3ccccc3)CC2O)CC1. The summed E-state index contributed by atoms with van der Waals surface area (Å²) in [5, 5.41) is 11.6. The molecule has 0 amide bonds. The fourth-order valence-electron chi connectivity index (χ4n) is 4.99. The maximum Gasteiger partial charge on any atom is 0.125 e. The van der Waals surface area contributed by atoms with Crippen LogP contribution in [0.1, 0.15) is 31.2 Å². The van der Waals surface area contributed by atoms with Crippen LogP contribution in [0, 0.1) is 0 Å². The first kappa shape index (κ1) is 19.7. The highest BCUT2D eigenvalue weighted by Crippen LogP contribution is 2.41. The first-order valence-corrected chi connectivity index (χ1v) is 10.7. The first-order chi connectivity index (χ1) is 13.6. The fourth-order valence-corrected chi connectivity index (χ4v) is 5.18. The van der Waals surface area contributed by atoms with Gasteiger partial charge in [0.15, 0.2) is 0 Å². The third-order valence-corrected chi connectivity index (χ3v) is 6.96. The molecule has 2 fully saturated rings. The van der Waals surface area contributed by atoms with Gasteiger partial charge in [0.05, 0.1) is 6.54 Å². The van der Waals surface area contributed by atoms with Crippen LogP contribution in [-0.4, -0.2) is 48.5 Å². The molecular formula is C23H30ClN3O. The van der Waals surface area contributed by atoms with Gasteiger partial charge in [0.25, 0.3) is 0 Å². The summed E-state index contributed by atoms with van der Waals surface area (Å²) in [5.74, 6) is 0. The van der Waals surface area contributed by atoms with Crippen LogP contribution in [0.2, 0.25) is 5.02 Å². The van der Waals surface area contributed by atoms with E-state index in [1.165, 1.54) is 11.3 Å². The highest BCUT2D eigenvalue weighted by Gasteiger charge is 2.40. The van der Waals surface area contributed by atoms with Gasteiger partial charge in [0.2, 0.25) is 0 Å². The van der Waals surface area contributed by atoms with Gasteiger partial charge in [-0.1, -0.05) is 41.9 Å². The molecule has 2 aromatic carbocycles. The Balaban J connectivity index is 1.40. The molecule has 5 heteroatoms. The Labute approximate surface area is 172 Å². The van der Waals surface area contributed by atoms with Crippen molar-refractivity contribution in [3.63, 3.8) is 0 Å². The van der Waals surface area contributed by atoms with E-state index in [1.54, 1.807) is 0 Å². The number of halogens is 1. The lowest BCUT2D eigenvalue weighted by molar-refractivity contribution is -0.0454. The zero-order valence-corrected chi connectivity index (χ0v) is 17.1. The van der Waals surface area contributed by atoms with Crippen LogP contribution < -0.4 is 10.6 Å². The molecule has 2 aliphatic rings. The molecule has 0 aromatic heterocycles. The van der Waals surface area contributed by atoms with Crippen molar-refractivity contribution in [1.29, 1.82) is 0 Å². The lowest BCUT2D eigenvalue weighted by Crippen LogP contribution is -2.58. The molecule has 2 aromatic rings. The molecule has 1 saturated heterocycles. The van der Waals surface area contributed by atoms with Crippen LogP contribution in [0.3, 0.4) is 0 Å². The van der Waals surface area contributed by atoms with Crippen molar-refractivity contribution in [3.05, 3.63) is 65.2 Å². The highest BCUT2D eigenvalue weighted by atomic mass is 35.5. The van der Waals surface area contributed by atoms with Gasteiger partial charge in [-0.05, 0) is 55.5 Å². The average Bonchev–Trinajstić information content (AvgIpc) is 2.74. The maximum absolute atomic E-state index is 10.8. The summed E-state index contributed by atoms with van der Waals surface area (Å²) >= 11 is 6.23. The summed E-state index contributed by atoms with van der Waals surface area (Å²) in [6.45, 7) is 3.16. The molecule has 150 valence electrons. The Bertz CT molecular complexity index is 776. The number of rotatable bonds is 4. The van der Waals surface area contributed by atoms with E-state index in [2.05, 4.69) is 46.2 Å². The first-order valence-electron chi connectivity index (χ1n) is 10.3. The third kappa shape index (κ3) is 3.92. The standard InChI is InChI=1S/C23H30ClN3O/c24-19-6-4-5-18(15-19)23(17-25)11-9-21(10-12-23)27-14-13-26(16-22(27)28)20-7-2-1-3-8-20/h1-8,15,21-22,28H,9-14,16-17,25H2. The molecule has 0 spiro atoms. The summed E-state index contributed by atoms with van der Waals surface area (Å²) < 4.78 is 0. The lowest BCUT2D eigenvalue weighted by Gasteiger charge is -2.48. The van der Waals surface area contributed by atoms with Crippen LogP contribution >= 0.6 is 11.6 Å². The van der Waals surface area contributed by atoms with Gasteiger partial charge in [-0.25, -0.2) is 0 Å². The quantitative estimate of drug-likeness (QED) is 0.824. The van der Waals surface area contributed by atoms with E-state index in [-0.39, 0.29) is 5.41 Å². The monoisotopic (exact) mass is 399 g/mol. The van der Waals surface area contributed by atoms with E-state index in [0.29, 0.717) is 19.1 Å². The number of aliphatic hydroxyl groups is 1. The summed E-state index contributed by atoms with van der Waals surface area (Å²) in [7, 11) is 0. The number of hydrogen-bond acceptors (Lipinski definition) is 4. The second-order valence-corrected chi connectivity index (χ2v) is 8.66. The number of para-hydroxylation sites is 1. The van der Waals surface area contributed by atoms with Crippen LogP contribution in [0.25, 0.3) is 0 Å². The predicted molar refractivity (Wildman–Crippen MR) is 116 cm³/mol. The minimum Gasteiger partial charge on any atom is -0.376 e. The Morgan fingerprint density at radius 2 is 1.79 bits per heavy atom. The molecule has 3 N–H and O–H groups in total. The number of hydrogen-bond donors (Lipinski definition) is 2. The summed E-state index contributed by atoms with van der Waals surface area (Å²) in [5.41, 5.74) is 8.70. The van der Waals surface area contributed by atoms with E-state index in [9.17, 15) is 5.11 Å². The van der Waals surface area contributed by atoms with Crippen molar-refractivity contribution in [2.45, 2.75) is 43.4 Å². The molecule has 1 saturated carbocycles. The van der Waals surface area contributed by atoms with Crippen LogP contribution in [0.15, 0.2) is 54.6 Å². The smallest absolute Gasteiger partial charge is 0.125 e. The zero-order chi connectivity index (χ0) is 19.6. The van der Waals surface area contributed by atoms with Crippen molar-refractivity contribution in [2.24, 2.45) is 5.73 Å². The minimum absolute atomic E-state index is 0.0121. The minimum atomic E-state index is -0.421. The van der Waals surface area contributed by atoms with Gasteiger partial charge in [-0.2, -0.15) is 0 Å². The molecule has 1 heterocycles. The van der Waals surface area contributed by atoms with Gasteiger partial charge in [0.1, 0.15) is 6.23 Å². The number of nitrogens with two attached hydrogens (primary N) is 1. The molecule has 4 rings (SSSR count). The second-order valence-electron chi connectivity index (χ2n) is 8.23. The van der Waals surface area contributed by atoms with Gasteiger partial charge < -0.3 is 15.7 Å². The molecule has 28 heavy (non-hydrogen) atoms. The van der Waals surface area contributed by atoms with E-state index in [1.807, 2.05) is 18.2 Å². The van der Waals surface area contributed by atoms with Crippen molar-refractivity contribution in [1.82, 2.24) is 4.90 Å². The molecule has 1 aliphatic carbocycles. The Kier molecular flexibility index (Phi) is 5.93. The summed E-state index contributed by atoms with van der Waals surface area (Å²) in [4.78, 5) is 4.58. The largest absolute Gasteiger partial charge is 0.376 e. The third-order valence-electron chi connectivity index (χ3n) is 6.72. The van der Waals surface area contributed by atoms with Crippen molar-refractivity contribution in [3.8, 4) is 0 Å². The molecular weight excluding hydrogens is 370 g/mol.